The lowest BCUT2D eigenvalue weighted by Crippen LogP contribution is -2.37. The molecule has 0 heterocycles. The van der Waals surface area contributed by atoms with Crippen LogP contribution in [0.15, 0.2) is 35.5 Å². The summed E-state index contributed by atoms with van der Waals surface area (Å²) >= 11 is 0. The van der Waals surface area contributed by atoms with Crippen molar-refractivity contribution in [1.29, 1.82) is 0 Å². The highest BCUT2D eigenvalue weighted by Crippen LogP contribution is 2.58. The van der Waals surface area contributed by atoms with Crippen LogP contribution in [0.5, 0.6) is 0 Å². The van der Waals surface area contributed by atoms with Crippen molar-refractivity contribution in [3.05, 3.63) is 35.5 Å². The van der Waals surface area contributed by atoms with Crippen molar-refractivity contribution < 1.29 is 5.11 Å². The van der Waals surface area contributed by atoms with Gasteiger partial charge in [-0.2, -0.15) is 0 Å². The van der Waals surface area contributed by atoms with E-state index in [9.17, 15) is 5.11 Å². The molecule has 0 bridgehead atoms. The molecule has 0 spiro atoms. The second-order valence-electron chi connectivity index (χ2n) is 8.08. The summed E-state index contributed by atoms with van der Waals surface area (Å²) in [5.74, 6) is 1.17. The first-order valence-electron chi connectivity index (χ1n) is 9.28. The summed E-state index contributed by atoms with van der Waals surface area (Å²) in [7, 11) is 0. The molecule has 22 heavy (non-hydrogen) atoms. The van der Waals surface area contributed by atoms with Gasteiger partial charge in [-0.05, 0) is 87.5 Å². The summed E-state index contributed by atoms with van der Waals surface area (Å²) in [6.07, 6.45) is 15.9. The molecule has 1 N–H and O–H groups in total. The average molecular weight is 300 g/mol. The number of rotatable bonds is 2. The number of hydrogen-bond donors (Lipinski definition) is 1. The fraction of sp³-hybridized carbons (Fsp3) is 0.714. The van der Waals surface area contributed by atoms with E-state index in [0.717, 1.165) is 0 Å². The molecule has 4 atom stereocenters. The number of aliphatic hydroxyl groups is 1. The highest BCUT2D eigenvalue weighted by Gasteiger charge is 2.50. The Morgan fingerprint density at radius 3 is 2.64 bits per heavy atom. The van der Waals surface area contributed by atoms with Crippen LogP contribution in [-0.4, -0.2) is 11.2 Å². The van der Waals surface area contributed by atoms with E-state index in [1.165, 1.54) is 68.9 Å². The maximum absolute atomic E-state index is 10.2. The van der Waals surface area contributed by atoms with Crippen LogP contribution < -0.4 is 0 Å². The lowest BCUT2D eigenvalue weighted by molar-refractivity contribution is 0.0302. The van der Waals surface area contributed by atoms with Crippen LogP contribution in [0.1, 0.15) is 71.6 Å². The Morgan fingerprint density at radius 1 is 1.14 bits per heavy atom. The van der Waals surface area contributed by atoms with Crippen molar-refractivity contribution in [1.82, 2.24) is 0 Å². The molecule has 122 valence electrons. The van der Waals surface area contributed by atoms with E-state index in [0.29, 0.717) is 17.3 Å². The molecule has 1 heteroatoms. The second-order valence-corrected chi connectivity index (χ2v) is 8.08. The molecular weight excluding hydrogens is 268 g/mol. The summed E-state index contributed by atoms with van der Waals surface area (Å²) < 4.78 is 0. The molecule has 3 fully saturated rings. The predicted octanol–water partition coefficient (Wildman–Crippen LogP) is 5.57. The quantitative estimate of drug-likeness (QED) is 0.707. The summed E-state index contributed by atoms with van der Waals surface area (Å²) in [5.41, 5.74) is 4.80. The first-order chi connectivity index (χ1) is 10.5. The first-order valence-corrected chi connectivity index (χ1v) is 9.28. The summed E-state index contributed by atoms with van der Waals surface area (Å²) in [4.78, 5) is 0. The molecule has 0 radical (unpaired) electrons. The Labute approximate surface area is 136 Å². The third-order valence-corrected chi connectivity index (χ3v) is 6.75. The van der Waals surface area contributed by atoms with Crippen LogP contribution in [-0.2, 0) is 0 Å². The molecular formula is C21H32O. The van der Waals surface area contributed by atoms with Crippen molar-refractivity contribution in [3.8, 4) is 0 Å². The summed E-state index contributed by atoms with van der Waals surface area (Å²) in [6.45, 7) is 8.67. The molecule has 3 saturated carbocycles. The standard InChI is InChI=1S/C21H32O/c1-15-7-4-5-8-17(15)10-11-18-9-6-14-21(3)19(16(2)22)12-13-20(18)21/h10-11,16,19-20,22H,1,4-9,12-14H2,2-3H3/b17-10-,18-11+/t16-,19+,20?,21+/m0/s1. The van der Waals surface area contributed by atoms with Gasteiger partial charge in [0.1, 0.15) is 0 Å². The van der Waals surface area contributed by atoms with Crippen molar-refractivity contribution in [2.45, 2.75) is 77.7 Å². The van der Waals surface area contributed by atoms with Crippen LogP contribution in [0.2, 0.25) is 0 Å². The molecule has 1 nitrogen and oxygen atoms in total. The smallest absolute Gasteiger partial charge is 0.0545 e. The number of aliphatic hydroxyl groups excluding tert-OH is 1. The molecule has 1 unspecified atom stereocenters. The van der Waals surface area contributed by atoms with Gasteiger partial charge in [0, 0.05) is 0 Å². The van der Waals surface area contributed by atoms with Gasteiger partial charge in [0.25, 0.3) is 0 Å². The van der Waals surface area contributed by atoms with E-state index in [2.05, 4.69) is 25.7 Å². The fourth-order valence-electron chi connectivity index (χ4n) is 5.47. The van der Waals surface area contributed by atoms with Crippen LogP contribution in [0.25, 0.3) is 0 Å². The maximum Gasteiger partial charge on any atom is 0.0545 e. The van der Waals surface area contributed by atoms with Crippen molar-refractivity contribution in [2.24, 2.45) is 17.3 Å². The lowest BCUT2D eigenvalue weighted by atomic mass is 9.62. The van der Waals surface area contributed by atoms with Crippen LogP contribution in [0.4, 0.5) is 0 Å². The topological polar surface area (TPSA) is 20.2 Å². The second kappa shape index (κ2) is 6.35. The molecule has 3 rings (SSSR count). The Kier molecular flexibility index (Phi) is 4.64. The molecule has 3 aliphatic carbocycles. The van der Waals surface area contributed by atoms with Gasteiger partial charge in [-0.1, -0.05) is 36.8 Å². The van der Waals surface area contributed by atoms with E-state index in [-0.39, 0.29) is 6.10 Å². The molecule has 0 aromatic heterocycles. The van der Waals surface area contributed by atoms with Gasteiger partial charge in [-0.25, -0.2) is 0 Å². The van der Waals surface area contributed by atoms with Gasteiger partial charge in [-0.15, -0.1) is 0 Å². The Morgan fingerprint density at radius 2 is 1.91 bits per heavy atom. The Bertz CT molecular complexity index is 496. The van der Waals surface area contributed by atoms with E-state index < -0.39 is 0 Å². The zero-order chi connectivity index (χ0) is 15.7. The van der Waals surface area contributed by atoms with Crippen LogP contribution >= 0.6 is 0 Å². The van der Waals surface area contributed by atoms with Crippen molar-refractivity contribution in [2.75, 3.05) is 0 Å². The third-order valence-electron chi connectivity index (χ3n) is 6.75. The summed E-state index contributed by atoms with van der Waals surface area (Å²) in [5, 5.41) is 10.2. The Balaban J connectivity index is 1.81. The van der Waals surface area contributed by atoms with Crippen molar-refractivity contribution >= 4 is 0 Å². The van der Waals surface area contributed by atoms with E-state index >= 15 is 0 Å². The van der Waals surface area contributed by atoms with Gasteiger partial charge >= 0.3 is 0 Å². The fourth-order valence-corrected chi connectivity index (χ4v) is 5.47. The highest BCUT2D eigenvalue weighted by atomic mass is 16.3. The molecule has 3 aliphatic rings. The van der Waals surface area contributed by atoms with Crippen LogP contribution in [0, 0.1) is 17.3 Å². The highest BCUT2D eigenvalue weighted by molar-refractivity contribution is 5.35. The van der Waals surface area contributed by atoms with Gasteiger partial charge in [-0.3, -0.25) is 0 Å². The minimum Gasteiger partial charge on any atom is -0.393 e. The van der Waals surface area contributed by atoms with E-state index in [1.54, 1.807) is 5.57 Å². The van der Waals surface area contributed by atoms with E-state index in [1.807, 2.05) is 6.92 Å². The van der Waals surface area contributed by atoms with E-state index in [4.69, 9.17) is 0 Å². The molecule has 0 aromatic rings. The minimum atomic E-state index is -0.161. The third kappa shape index (κ3) is 2.85. The lowest BCUT2D eigenvalue weighted by Gasteiger charge is -2.43. The monoisotopic (exact) mass is 300 g/mol. The average Bonchev–Trinajstić information content (AvgIpc) is 2.84. The summed E-state index contributed by atoms with van der Waals surface area (Å²) in [6, 6.07) is 0. The zero-order valence-corrected chi connectivity index (χ0v) is 14.4. The number of allylic oxidation sites excluding steroid dienone is 5. The number of fused-ring (bicyclic) bond motifs is 1. The normalized spacial score (nSPS) is 41.0. The van der Waals surface area contributed by atoms with Gasteiger partial charge in [0.05, 0.1) is 6.10 Å². The maximum atomic E-state index is 10.2. The first kappa shape index (κ1) is 16.1. The molecule has 0 aliphatic heterocycles. The zero-order valence-electron chi connectivity index (χ0n) is 14.4. The van der Waals surface area contributed by atoms with Crippen molar-refractivity contribution in [3.63, 3.8) is 0 Å². The minimum absolute atomic E-state index is 0.161. The van der Waals surface area contributed by atoms with Crippen LogP contribution in [0.3, 0.4) is 0 Å². The SMILES string of the molecule is C=C1CCCC/C1=C/C=C1\CCC[C@@]2(C)C1CC[C@@H]2[C@H](C)O. The predicted molar refractivity (Wildman–Crippen MR) is 93.6 cm³/mol. The molecule has 0 saturated heterocycles. The van der Waals surface area contributed by atoms with Gasteiger partial charge in [0.15, 0.2) is 0 Å². The Hall–Kier alpha value is -0.820. The molecule has 0 aromatic carbocycles. The largest absolute Gasteiger partial charge is 0.393 e. The molecule has 0 amide bonds. The number of hydrogen-bond acceptors (Lipinski definition) is 1. The van der Waals surface area contributed by atoms with Gasteiger partial charge < -0.3 is 5.11 Å². The van der Waals surface area contributed by atoms with Gasteiger partial charge in [0.2, 0.25) is 0 Å².